The van der Waals surface area contributed by atoms with E-state index in [4.69, 9.17) is 0 Å². The number of hydrogen-bond donors (Lipinski definition) is 1. The highest BCUT2D eigenvalue weighted by Crippen LogP contribution is 2.30. The van der Waals surface area contributed by atoms with Crippen LogP contribution in [-0.4, -0.2) is 16.1 Å². The third-order valence-corrected chi connectivity index (χ3v) is 3.32. The molecule has 3 nitrogen and oxygen atoms in total. The molecule has 6 heteroatoms. The highest BCUT2D eigenvalue weighted by Gasteiger charge is 2.30. The van der Waals surface area contributed by atoms with E-state index in [1.165, 1.54) is 12.1 Å². The van der Waals surface area contributed by atoms with E-state index in [0.717, 1.165) is 25.6 Å². The standard InChI is InChI=1S/C15H18F3N3/c1-12(20-6-3-8-21-9-7-19-11-21)13-4-2-5-14(10-13)15(16,17)18/h2,4-5,7,9-12,20H,3,6,8H2,1H3. The predicted molar refractivity (Wildman–Crippen MR) is 74.7 cm³/mol. The fourth-order valence-corrected chi connectivity index (χ4v) is 2.10. The van der Waals surface area contributed by atoms with Gasteiger partial charge in [-0.2, -0.15) is 13.2 Å². The van der Waals surface area contributed by atoms with Crippen molar-refractivity contribution in [2.24, 2.45) is 0 Å². The summed E-state index contributed by atoms with van der Waals surface area (Å²) < 4.78 is 40.0. The maximum Gasteiger partial charge on any atom is 0.416 e. The van der Waals surface area contributed by atoms with Crippen molar-refractivity contribution in [2.45, 2.75) is 32.1 Å². The van der Waals surface area contributed by atoms with Crippen LogP contribution in [-0.2, 0) is 12.7 Å². The third kappa shape index (κ3) is 4.60. The molecule has 0 bridgehead atoms. The molecule has 21 heavy (non-hydrogen) atoms. The van der Waals surface area contributed by atoms with Gasteiger partial charge in [-0.05, 0) is 37.6 Å². The molecule has 2 rings (SSSR count). The Morgan fingerprint density at radius 2 is 2.14 bits per heavy atom. The van der Waals surface area contributed by atoms with Crippen molar-refractivity contribution >= 4 is 0 Å². The van der Waals surface area contributed by atoms with Crippen LogP contribution in [0.3, 0.4) is 0 Å². The second-order valence-corrected chi connectivity index (χ2v) is 4.95. The van der Waals surface area contributed by atoms with Crippen LogP contribution in [0.15, 0.2) is 43.0 Å². The van der Waals surface area contributed by atoms with Gasteiger partial charge in [-0.1, -0.05) is 12.1 Å². The largest absolute Gasteiger partial charge is 0.416 e. The van der Waals surface area contributed by atoms with Gasteiger partial charge in [-0.25, -0.2) is 4.98 Å². The minimum Gasteiger partial charge on any atom is -0.337 e. The molecule has 1 aromatic carbocycles. The Kier molecular flexibility index (Phi) is 5.01. The maximum absolute atomic E-state index is 12.7. The Morgan fingerprint density at radius 1 is 1.33 bits per heavy atom. The molecule has 0 spiro atoms. The molecule has 0 saturated carbocycles. The molecule has 114 valence electrons. The zero-order valence-corrected chi connectivity index (χ0v) is 11.8. The van der Waals surface area contributed by atoms with Crippen LogP contribution < -0.4 is 5.32 Å². The summed E-state index contributed by atoms with van der Waals surface area (Å²) in [4.78, 5) is 3.95. The molecule has 2 aromatic rings. The highest BCUT2D eigenvalue weighted by atomic mass is 19.4. The fourth-order valence-electron chi connectivity index (χ4n) is 2.10. The summed E-state index contributed by atoms with van der Waals surface area (Å²) in [7, 11) is 0. The summed E-state index contributed by atoms with van der Waals surface area (Å²) in [5, 5.41) is 3.24. The molecule has 0 saturated heterocycles. The molecule has 0 fully saturated rings. The normalized spacial score (nSPS) is 13.3. The molecule has 1 N–H and O–H groups in total. The van der Waals surface area contributed by atoms with E-state index in [9.17, 15) is 13.2 Å². The lowest BCUT2D eigenvalue weighted by molar-refractivity contribution is -0.137. The number of aromatic nitrogens is 2. The van der Waals surface area contributed by atoms with E-state index >= 15 is 0 Å². The summed E-state index contributed by atoms with van der Waals surface area (Å²) in [5.74, 6) is 0. The molecular weight excluding hydrogens is 279 g/mol. The first kappa shape index (κ1) is 15.6. The van der Waals surface area contributed by atoms with E-state index in [1.807, 2.05) is 17.7 Å². The highest BCUT2D eigenvalue weighted by molar-refractivity contribution is 5.27. The molecule has 1 heterocycles. The van der Waals surface area contributed by atoms with Crippen molar-refractivity contribution in [3.05, 3.63) is 54.1 Å². The number of halogens is 3. The van der Waals surface area contributed by atoms with Gasteiger partial charge in [0.15, 0.2) is 0 Å². The van der Waals surface area contributed by atoms with Gasteiger partial charge in [-0.3, -0.25) is 0 Å². The van der Waals surface area contributed by atoms with E-state index < -0.39 is 11.7 Å². The van der Waals surface area contributed by atoms with Crippen molar-refractivity contribution in [3.63, 3.8) is 0 Å². The molecule has 1 atom stereocenters. The molecule has 0 amide bonds. The van der Waals surface area contributed by atoms with Gasteiger partial charge in [-0.15, -0.1) is 0 Å². The first-order valence-corrected chi connectivity index (χ1v) is 6.83. The molecule has 0 aliphatic carbocycles. The SMILES string of the molecule is CC(NCCCn1ccnc1)c1cccc(C(F)(F)F)c1. The zero-order valence-electron chi connectivity index (χ0n) is 11.8. The summed E-state index contributed by atoms with van der Waals surface area (Å²) in [6.45, 7) is 3.44. The van der Waals surface area contributed by atoms with Gasteiger partial charge >= 0.3 is 6.18 Å². The van der Waals surface area contributed by atoms with Crippen molar-refractivity contribution in [2.75, 3.05) is 6.54 Å². The lowest BCUT2D eigenvalue weighted by Crippen LogP contribution is -2.21. The fraction of sp³-hybridized carbons (Fsp3) is 0.400. The number of nitrogens with zero attached hydrogens (tertiary/aromatic N) is 2. The van der Waals surface area contributed by atoms with Crippen LogP contribution in [0.25, 0.3) is 0 Å². The van der Waals surface area contributed by atoms with Crippen LogP contribution in [0.2, 0.25) is 0 Å². The van der Waals surface area contributed by atoms with Crippen molar-refractivity contribution in [3.8, 4) is 0 Å². The van der Waals surface area contributed by atoms with Crippen LogP contribution in [0.1, 0.15) is 30.5 Å². The minimum absolute atomic E-state index is 0.116. The van der Waals surface area contributed by atoms with Gasteiger partial charge in [0.2, 0.25) is 0 Å². The van der Waals surface area contributed by atoms with Crippen LogP contribution >= 0.6 is 0 Å². The number of imidazole rings is 1. The lowest BCUT2D eigenvalue weighted by atomic mass is 10.0. The first-order chi connectivity index (χ1) is 9.97. The second-order valence-electron chi connectivity index (χ2n) is 4.95. The zero-order chi connectivity index (χ0) is 15.3. The van der Waals surface area contributed by atoms with Crippen LogP contribution in [0.5, 0.6) is 0 Å². The van der Waals surface area contributed by atoms with E-state index in [0.29, 0.717) is 5.56 Å². The third-order valence-electron chi connectivity index (χ3n) is 3.32. The molecule has 0 radical (unpaired) electrons. The quantitative estimate of drug-likeness (QED) is 0.825. The minimum atomic E-state index is -4.29. The Hall–Kier alpha value is -1.82. The molecule has 0 aliphatic heterocycles. The van der Waals surface area contributed by atoms with Crippen molar-refractivity contribution in [1.29, 1.82) is 0 Å². The Labute approximate surface area is 121 Å². The Balaban J connectivity index is 1.84. The average molecular weight is 297 g/mol. The van der Waals surface area contributed by atoms with Gasteiger partial charge < -0.3 is 9.88 Å². The second kappa shape index (κ2) is 6.76. The maximum atomic E-state index is 12.7. The number of rotatable bonds is 6. The summed E-state index contributed by atoms with van der Waals surface area (Å²) >= 11 is 0. The Bertz CT molecular complexity index is 550. The van der Waals surface area contributed by atoms with Gasteiger partial charge in [0.1, 0.15) is 0 Å². The first-order valence-electron chi connectivity index (χ1n) is 6.83. The van der Waals surface area contributed by atoms with Crippen molar-refractivity contribution in [1.82, 2.24) is 14.9 Å². The summed E-state index contributed by atoms with van der Waals surface area (Å²) in [5.41, 5.74) is 0.0412. The number of alkyl halides is 3. The van der Waals surface area contributed by atoms with Gasteiger partial charge in [0.25, 0.3) is 0 Å². The van der Waals surface area contributed by atoms with E-state index in [1.54, 1.807) is 18.6 Å². The van der Waals surface area contributed by atoms with Crippen molar-refractivity contribution < 1.29 is 13.2 Å². The molecule has 1 aromatic heterocycles. The topological polar surface area (TPSA) is 29.9 Å². The molecule has 1 unspecified atom stereocenters. The van der Waals surface area contributed by atoms with E-state index in [-0.39, 0.29) is 6.04 Å². The number of benzene rings is 1. The van der Waals surface area contributed by atoms with Crippen LogP contribution in [0.4, 0.5) is 13.2 Å². The molecule has 0 aliphatic rings. The molecular formula is C15H18F3N3. The predicted octanol–water partition coefficient (Wildman–Crippen LogP) is 3.64. The van der Waals surface area contributed by atoms with Gasteiger partial charge in [0, 0.05) is 25.0 Å². The van der Waals surface area contributed by atoms with Gasteiger partial charge in [0.05, 0.1) is 11.9 Å². The number of hydrogen-bond acceptors (Lipinski definition) is 2. The lowest BCUT2D eigenvalue weighted by Gasteiger charge is -2.16. The number of nitrogens with one attached hydrogen (secondary N) is 1. The number of aryl methyl sites for hydroxylation is 1. The monoisotopic (exact) mass is 297 g/mol. The van der Waals surface area contributed by atoms with Crippen LogP contribution in [0, 0.1) is 0 Å². The average Bonchev–Trinajstić information content (AvgIpc) is 2.96. The smallest absolute Gasteiger partial charge is 0.337 e. The summed E-state index contributed by atoms with van der Waals surface area (Å²) in [6.07, 6.45) is 1.95. The van der Waals surface area contributed by atoms with E-state index in [2.05, 4.69) is 10.3 Å². The summed E-state index contributed by atoms with van der Waals surface area (Å²) in [6, 6.07) is 5.34. The Morgan fingerprint density at radius 3 is 2.81 bits per heavy atom.